The zero-order valence-electron chi connectivity index (χ0n) is 14.2. The summed E-state index contributed by atoms with van der Waals surface area (Å²) in [6, 6.07) is 7.20. The molecule has 7 nitrogen and oxygen atoms in total. The molecule has 1 aliphatic heterocycles. The molecule has 1 aliphatic rings. The second-order valence-electron chi connectivity index (χ2n) is 6.48. The number of aromatic nitrogens is 4. The first-order chi connectivity index (χ1) is 12.2. The molecule has 0 aliphatic carbocycles. The highest BCUT2D eigenvalue weighted by molar-refractivity contribution is 5.37. The van der Waals surface area contributed by atoms with Crippen LogP contribution in [0.2, 0.25) is 0 Å². The van der Waals surface area contributed by atoms with Crippen molar-refractivity contribution in [2.75, 3.05) is 19.7 Å². The highest BCUT2D eigenvalue weighted by Gasteiger charge is 2.21. The molecular formula is C18H21N5O2. The maximum absolute atomic E-state index is 12.2. The first kappa shape index (κ1) is 16.0. The Morgan fingerprint density at radius 3 is 3.12 bits per heavy atom. The van der Waals surface area contributed by atoms with Crippen LogP contribution in [0.15, 0.2) is 47.7 Å². The lowest BCUT2D eigenvalue weighted by atomic mass is 10.2. The fourth-order valence-corrected chi connectivity index (χ4v) is 3.22. The summed E-state index contributed by atoms with van der Waals surface area (Å²) in [5.41, 5.74) is 2.58. The molecule has 25 heavy (non-hydrogen) atoms. The minimum absolute atomic E-state index is 0.0441. The molecule has 1 saturated heterocycles. The van der Waals surface area contributed by atoms with Gasteiger partial charge in [-0.25, -0.2) is 4.98 Å². The van der Waals surface area contributed by atoms with Crippen molar-refractivity contribution in [2.45, 2.75) is 26.1 Å². The fourth-order valence-electron chi connectivity index (χ4n) is 3.22. The minimum atomic E-state index is -0.0441. The summed E-state index contributed by atoms with van der Waals surface area (Å²) in [5.74, 6) is 0. The molecule has 7 heteroatoms. The van der Waals surface area contributed by atoms with Gasteiger partial charge in [-0.3, -0.25) is 18.8 Å². The molecule has 1 fully saturated rings. The van der Waals surface area contributed by atoms with Crippen molar-refractivity contribution in [3.05, 3.63) is 64.5 Å². The molecule has 1 atom stereocenters. The van der Waals surface area contributed by atoms with Crippen LogP contribution >= 0.6 is 0 Å². The van der Waals surface area contributed by atoms with Crippen LogP contribution in [-0.4, -0.2) is 49.9 Å². The molecule has 3 aromatic rings. The van der Waals surface area contributed by atoms with Gasteiger partial charge < -0.3 is 4.74 Å². The third-order valence-electron chi connectivity index (χ3n) is 4.39. The van der Waals surface area contributed by atoms with E-state index < -0.39 is 0 Å². The van der Waals surface area contributed by atoms with E-state index >= 15 is 0 Å². The van der Waals surface area contributed by atoms with E-state index in [1.165, 1.54) is 0 Å². The standard InChI is InChI=1S/C18H21N5O2/c1-14-9-19-22(10-14)13-16-12-21(6-7-25-16)11-15-8-18(24)23-5-3-2-4-17(23)20-15/h2-5,8-10,16H,6-7,11-13H2,1H3/t16-/m0/s1. The monoisotopic (exact) mass is 339 g/mol. The summed E-state index contributed by atoms with van der Waals surface area (Å²) in [6.45, 7) is 5.73. The predicted octanol–water partition coefficient (Wildman–Crippen LogP) is 1.10. The average Bonchev–Trinajstić information content (AvgIpc) is 3.00. The number of hydrogen-bond donors (Lipinski definition) is 0. The van der Waals surface area contributed by atoms with Crippen LogP contribution in [0.1, 0.15) is 11.3 Å². The van der Waals surface area contributed by atoms with E-state index in [9.17, 15) is 4.79 Å². The number of rotatable bonds is 4. The molecule has 0 aromatic carbocycles. The summed E-state index contributed by atoms with van der Waals surface area (Å²) >= 11 is 0. The Morgan fingerprint density at radius 2 is 2.28 bits per heavy atom. The zero-order valence-corrected chi connectivity index (χ0v) is 14.2. The molecule has 0 amide bonds. The lowest BCUT2D eigenvalue weighted by Gasteiger charge is -2.32. The first-order valence-electron chi connectivity index (χ1n) is 8.48. The van der Waals surface area contributed by atoms with Crippen molar-refractivity contribution in [1.29, 1.82) is 0 Å². The van der Waals surface area contributed by atoms with Crippen LogP contribution in [0.4, 0.5) is 0 Å². The SMILES string of the molecule is Cc1cnn(C[C@@H]2CN(Cc3cc(=O)n4ccccc4n3)CCO2)c1. The van der Waals surface area contributed by atoms with Gasteiger partial charge in [0.2, 0.25) is 0 Å². The van der Waals surface area contributed by atoms with Gasteiger partial charge in [-0.1, -0.05) is 6.07 Å². The Labute approximate surface area is 145 Å². The first-order valence-corrected chi connectivity index (χ1v) is 8.48. The molecule has 0 unspecified atom stereocenters. The molecule has 3 aromatic heterocycles. The Balaban J connectivity index is 1.46. The van der Waals surface area contributed by atoms with Crippen molar-refractivity contribution in [3.63, 3.8) is 0 Å². The molecule has 0 N–H and O–H groups in total. The normalized spacial score (nSPS) is 18.7. The fraction of sp³-hybridized carbons (Fsp3) is 0.389. The highest BCUT2D eigenvalue weighted by Crippen LogP contribution is 2.11. The number of pyridine rings is 1. The summed E-state index contributed by atoms with van der Waals surface area (Å²) < 4.78 is 9.35. The number of fused-ring (bicyclic) bond motifs is 1. The van der Waals surface area contributed by atoms with Crippen LogP contribution in [0, 0.1) is 6.92 Å². The summed E-state index contributed by atoms with van der Waals surface area (Å²) in [4.78, 5) is 19.1. The molecule has 0 spiro atoms. The van der Waals surface area contributed by atoms with E-state index in [0.717, 1.165) is 30.9 Å². The van der Waals surface area contributed by atoms with Gasteiger partial charge in [0.05, 0.1) is 31.1 Å². The number of morpholine rings is 1. The van der Waals surface area contributed by atoms with Crippen molar-refractivity contribution in [3.8, 4) is 0 Å². The minimum Gasteiger partial charge on any atom is -0.374 e. The summed E-state index contributed by atoms with van der Waals surface area (Å²) in [5, 5.41) is 4.33. The maximum Gasteiger partial charge on any atom is 0.258 e. The number of aryl methyl sites for hydroxylation is 1. The van der Waals surface area contributed by atoms with Crippen molar-refractivity contribution in [2.24, 2.45) is 0 Å². The Morgan fingerprint density at radius 1 is 1.36 bits per heavy atom. The van der Waals surface area contributed by atoms with Gasteiger partial charge in [0.1, 0.15) is 5.65 Å². The van der Waals surface area contributed by atoms with E-state index in [1.807, 2.05) is 42.2 Å². The van der Waals surface area contributed by atoms with Crippen molar-refractivity contribution in [1.82, 2.24) is 24.1 Å². The second-order valence-corrected chi connectivity index (χ2v) is 6.48. The number of ether oxygens (including phenoxy) is 1. The van der Waals surface area contributed by atoms with Crippen LogP contribution in [-0.2, 0) is 17.8 Å². The van der Waals surface area contributed by atoms with Gasteiger partial charge >= 0.3 is 0 Å². The topological polar surface area (TPSA) is 64.7 Å². The average molecular weight is 339 g/mol. The molecule has 130 valence electrons. The van der Waals surface area contributed by atoms with Gasteiger partial charge in [-0.15, -0.1) is 0 Å². The lowest BCUT2D eigenvalue weighted by Crippen LogP contribution is -2.44. The Hall–Kier alpha value is -2.51. The smallest absolute Gasteiger partial charge is 0.258 e. The lowest BCUT2D eigenvalue weighted by molar-refractivity contribution is -0.0405. The maximum atomic E-state index is 12.2. The summed E-state index contributed by atoms with van der Waals surface area (Å²) in [7, 11) is 0. The van der Waals surface area contributed by atoms with E-state index in [-0.39, 0.29) is 11.7 Å². The highest BCUT2D eigenvalue weighted by atomic mass is 16.5. The van der Waals surface area contributed by atoms with Gasteiger partial charge in [0.25, 0.3) is 5.56 Å². The predicted molar refractivity (Wildman–Crippen MR) is 93.4 cm³/mol. The van der Waals surface area contributed by atoms with Crippen LogP contribution in [0.3, 0.4) is 0 Å². The molecule has 0 bridgehead atoms. The van der Waals surface area contributed by atoms with Crippen LogP contribution in [0.25, 0.3) is 5.65 Å². The van der Waals surface area contributed by atoms with E-state index in [4.69, 9.17) is 4.74 Å². The second kappa shape index (κ2) is 6.78. The molecule has 0 radical (unpaired) electrons. The van der Waals surface area contributed by atoms with E-state index in [0.29, 0.717) is 18.8 Å². The van der Waals surface area contributed by atoms with Gasteiger partial charge in [-0.2, -0.15) is 5.10 Å². The molecular weight excluding hydrogens is 318 g/mol. The van der Waals surface area contributed by atoms with Gasteiger partial charge in [0, 0.05) is 38.1 Å². The number of nitrogens with zero attached hydrogens (tertiary/aromatic N) is 5. The van der Waals surface area contributed by atoms with Crippen molar-refractivity contribution >= 4 is 5.65 Å². The molecule has 4 rings (SSSR count). The quantitative estimate of drug-likeness (QED) is 0.712. The van der Waals surface area contributed by atoms with Gasteiger partial charge in [0.15, 0.2) is 0 Å². The summed E-state index contributed by atoms with van der Waals surface area (Å²) in [6.07, 6.45) is 5.71. The van der Waals surface area contributed by atoms with Gasteiger partial charge in [-0.05, 0) is 24.6 Å². The molecule has 0 saturated carbocycles. The molecule has 4 heterocycles. The third-order valence-corrected chi connectivity index (χ3v) is 4.39. The zero-order chi connectivity index (χ0) is 17.2. The van der Waals surface area contributed by atoms with Crippen LogP contribution in [0.5, 0.6) is 0 Å². The number of hydrogen-bond acceptors (Lipinski definition) is 5. The largest absolute Gasteiger partial charge is 0.374 e. The van der Waals surface area contributed by atoms with E-state index in [2.05, 4.69) is 15.0 Å². The van der Waals surface area contributed by atoms with Crippen LogP contribution < -0.4 is 5.56 Å². The van der Waals surface area contributed by atoms with Crippen molar-refractivity contribution < 1.29 is 4.74 Å². The van der Waals surface area contributed by atoms with E-state index in [1.54, 1.807) is 16.7 Å². The Kier molecular flexibility index (Phi) is 4.33. The Bertz CT molecular complexity index is 932. The third kappa shape index (κ3) is 3.62.